The summed E-state index contributed by atoms with van der Waals surface area (Å²) in [5.41, 5.74) is 1.35. The van der Waals surface area contributed by atoms with Crippen molar-refractivity contribution in [1.82, 2.24) is 10.2 Å². The van der Waals surface area contributed by atoms with Gasteiger partial charge in [0.05, 0.1) is 6.04 Å². The van der Waals surface area contributed by atoms with Crippen LogP contribution in [0.3, 0.4) is 0 Å². The monoisotopic (exact) mass is 270 g/mol. The molecule has 1 fully saturated rings. The molecule has 0 bridgehead atoms. The zero-order chi connectivity index (χ0) is 14.5. The smallest absolute Gasteiger partial charge is 0.0689 e. The number of nitrogens with zero attached hydrogens (tertiary/aromatic N) is 1. The lowest BCUT2D eigenvalue weighted by Gasteiger charge is -2.44. The molecule has 0 saturated carbocycles. The van der Waals surface area contributed by atoms with Crippen LogP contribution in [0.1, 0.15) is 38.8 Å². The number of hydrogen-bond donors (Lipinski definition) is 1. The van der Waals surface area contributed by atoms with Crippen molar-refractivity contribution in [2.24, 2.45) is 5.92 Å². The molecule has 108 valence electrons. The molecule has 2 nitrogen and oxygen atoms in total. The fraction of sp³-hybridized carbons (Fsp3) is 0.556. The molecule has 1 aliphatic rings. The standard InChI is InChI=1S/C18H26N2/c1-5-14(3)17-13-20(15(4)6-2)18(12-19-17)16-10-8-7-9-11-16/h2,7-11,14-15,17-19H,5,12-13H2,1,3-4H3. The Labute approximate surface area is 123 Å². The Morgan fingerprint density at radius 1 is 1.35 bits per heavy atom. The van der Waals surface area contributed by atoms with Crippen molar-refractivity contribution < 1.29 is 0 Å². The first-order chi connectivity index (χ1) is 9.67. The molecule has 1 heterocycles. The molecule has 0 aromatic heterocycles. The molecular formula is C18H26N2. The van der Waals surface area contributed by atoms with E-state index in [1.165, 1.54) is 12.0 Å². The first kappa shape index (κ1) is 15.1. The number of hydrogen-bond acceptors (Lipinski definition) is 2. The molecule has 0 aliphatic carbocycles. The zero-order valence-electron chi connectivity index (χ0n) is 12.8. The van der Waals surface area contributed by atoms with E-state index in [0.29, 0.717) is 18.0 Å². The van der Waals surface area contributed by atoms with Crippen LogP contribution in [-0.4, -0.2) is 30.1 Å². The minimum absolute atomic E-state index is 0.175. The molecule has 0 amide bonds. The van der Waals surface area contributed by atoms with Gasteiger partial charge in [0.15, 0.2) is 0 Å². The predicted molar refractivity (Wildman–Crippen MR) is 85.4 cm³/mol. The second kappa shape index (κ2) is 6.92. The summed E-state index contributed by atoms with van der Waals surface area (Å²) < 4.78 is 0. The van der Waals surface area contributed by atoms with Crippen LogP contribution >= 0.6 is 0 Å². The lowest BCUT2D eigenvalue weighted by atomic mass is 9.92. The lowest BCUT2D eigenvalue weighted by Crippen LogP contribution is -2.56. The van der Waals surface area contributed by atoms with E-state index in [1.807, 2.05) is 0 Å². The van der Waals surface area contributed by atoms with Gasteiger partial charge in [-0.1, -0.05) is 56.5 Å². The van der Waals surface area contributed by atoms with Crippen LogP contribution in [0.5, 0.6) is 0 Å². The van der Waals surface area contributed by atoms with E-state index < -0.39 is 0 Å². The van der Waals surface area contributed by atoms with Gasteiger partial charge in [0.1, 0.15) is 0 Å². The summed E-state index contributed by atoms with van der Waals surface area (Å²) in [5.74, 6) is 3.59. The molecule has 4 unspecified atom stereocenters. The van der Waals surface area contributed by atoms with Crippen LogP contribution in [0.25, 0.3) is 0 Å². The van der Waals surface area contributed by atoms with E-state index in [1.54, 1.807) is 0 Å². The van der Waals surface area contributed by atoms with E-state index in [0.717, 1.165) is 13.1 Å². The van der Waals surface area contributed by atoms with Gasteiger partial charge in [-0.3, -0.25) is 4.90 Å². The molecule has 1 N–H and O–H groups in total. The van der Waals surface area contributed by atoms with Crippen molar-refractivity contribution in [2.45, 2.75) is 45.3 Å². The van der Waals surface area contributed by atoms with Crippen LogP contribution in [-0.2, 0) is 0 Å². The summed E-state index contributed by atoms with van der Waals surface area (Å²) in [6.45, 7) is 8.71. The molecule has 2 heteroatoms. The van der Waals surface area contributed by atoms with Crippen molar-refractivity contribution in [3.63, 3.8) is 0 Å². The van der Waals surface area contributed by atoms with Crippen LogP contribution in [0.15, 0.2) is 30.3 Å². The SMILES string of the molecule is C#CC(C)N1CC(C(C)CC)NCC1c1ccccc1. The lowest BCUT2D eigenvalue weighted by molar-refractivity contribution is 0.0931. The maximum atomic E-state index is 5.69. The largest absolute Gasteiger partial charge is 0.311 e. The van der Waals surface area contributed by atoms with Crippen molar-refractivity contribution in [1.29, 1.82) is 0 Å². The van der Waals surface area contributed by atoms with Crippen molar-refractivity contribution >= 4 is 0 Å². The average molecular weight is 270 g/mol. The van der Waals surface area contributed by atoms with Gasteiger partial charge in [0, 0.05) is 25.2 Å². The van der Waals surface area contributed by atoms with Crippen LogP contribution < -0.4 is 5.32 Å². The highest BCUT2D eigenvalue weighted by atomic mass is 15.3. The van der Waals surface area contributed by atoms with E-state index in [9.17, 15) is 0 Å². The van der Waals surface area contributed by atoms with Gasteiger partial charge in [-0.15, -0.1) is 6.42 Å². The third-order valence-electron chi connectivity index (χ3n) is 4.64. The maximum Gasteiger partial charge on any atom is 0.0689 e. The average Bonchev–Trinajstić information content (AvgIpc) is 2.53. The zero-order valence-corrected chi connectivity index (χ0v) is 12.8. The van der Waals surface area contributed by atoms with E-state index in [4.69, 9.17) is 6.42 Å². The van der Waals surface area contributed by atoms with E-state index in [-0.39, 0.29) is 6.04 Å². The number of nitrogens with one attached hydrogen (secondary N) is 1. The fourth-order valence-corrected chi connectivity index (χ4v) is 2.97. The molecule has 1 aromatic rings. The molecule has 0 radical (unpaired) electrons. The summed E-state index contributed by atoms with van der Waals surface area (Å²) in [5, 5.41) is 3.72. The molecule has 1 aliphatic heterocycles. The fourth-order valence-electron chi connectivity index (χ4n) is 2.97. The molecule has 1 saturated heterocycles. The topological polar surface area (TPSA) is 15.3 Å². The minimum Gasteiger partial charge on any atom is -0.311 e. The second-order valence-corrected chi connectivity index (χ2v) is 5.87. The second-order valence-electron chi connectivity index (χ2n) is 5.87. The number of rotatable bonds is 4. The van der Waals surface area contributed by atoms with Gasteiger partial charge >= 0.3 is 0 Å². The molecule has 20 heavy (non-hydrogen) atoms. The first-order valence-electron chi connectivity index (χ1n) is 7.67. The Bertz CT molecular complexity index is 448. The Balaban J connectivity index is 2.19. The Hall–Kier alpha value is -1.30. The third kappa shape index (κ3) is 3.23. The van der Waals surface area contributed by atoms with Gasteiger partial charge in [0.2, 0.25) is 0 Å². The summed E-state index contributed by atoms with van der Waals surface area (Å²) in [4.78, 5) is 2.47. The third-order valence-corrected chi connectivity index (χ3v) is 4.64. The highest BCUT2D eigenvalue weighted by molar-refractivity contribution is 5.21. The Morgan fingerprint density at radius 3 is 2.65 bits per heavy atom. The maximum absolute atomic E-state index is 5.69. The molecule has 0 spiro atoms. The number of terminal acetylenes is 1. The van der Waals surface area contributed by atoms with Crippen molar-refractivity contribution in [3.8, 4) is 12.3 Å². The van der Waals surface area contributed by atoms with Gasteiger partial charge in [-0.05, 0) is 18.4 Å². The predicted octanol–water partition coefficient (Wildman–Crippen LogP) is 3.07. The summed E-state index contributed by atoms with van der Waals surface area (Å²) >= 11 is 0. The van der Waals surface area contributed by atoms with Crippen molar-refractivity contribution in [2.75, 3.05) is 13.1 Å². The van der Waals surface area contributed by atoms with Crippen molar-refractivity contribution in [3.05, 3.63) is 35.9 Å². The van der Waals surface area contributed by atoms with E-state index >= 15 is 0 Å². The van der Waals surface area contributed by atoms with Gasteiger partial charge in [0.25, 0.3) is 0 Å². The van der Waals surface area contributed by atoms with Gasteiger partial charge in [-0.25, -0.2) is 0 Å². The molecule has 2 rings (SSSR count). The van der Waals surface area contributed by atoms with Gasteiger partial charge in [-0.2, -0.15) is 0 Å². The van der Waals surface area contributed by atoms with E-state index in [2.05, 4.69) is 67.2 Å². The normalized spacial score (nSPS) is 26.7. The van der Waals surface area contributed by atoms with Crippen LogP contribution in [0.2, 0.25) is 0 Å². The summed E-state index contributed by atoms with van der Waals surface area (Å²) in [7, 11) is 0. The quantitative estimate of drug-likeness (QED) is 0.846. The molecular weight excluding hydrogens is 244 g/mol. The Kier molecular flexibility index (Phi) is 5.23. The molecule has 1 aromatic carbocycles. The molecule has 4 atom stereocenters. The van der Waals surface area contributed by atoms with Crippen LogP contribution in [0.4, 0.5) is 0 Å². The number of benzene rings is 1. The minimum atomic E-state index is 0.175. The van der Waals surface area contributed by atoms with Crippen LogP contribution in [0, 0.1) is 18.3 Å². The Morgan fingerprint density at radius 2 is 2.05 bits per heavy atom. The highest BCUT2D eigenvalue weighted by Gasteiger charge is 2.32. The summed E-state index contributed by atoms with van der Waals surface area (Å²) in [6, 6.07) is 11.8. The summed E-state index contributed by atoms with van der Waals surface area (Å²) in [6.07, 6.45) is 6.89. The highest BCUT2D eigenvalue weighted by Crippen LogP contribution is 2.27. The number of piperazine rings is 1. The first-order valence-corrected chi connectivity index (χ1v) is 7.67. The van der Waals surface area contributed by atoms with Gasteiger partial charge < -0.3 is 5.32 Å².